The van der Waals surface area contributed by atoms with Crippen LogP contribution in [-0.4, -0.2) is 29.9 Å². The Bertz CT molecular complexity index is 895. The summed E-state index contributed by atoms with van der Waals surface area (Å²) in [6.07, 6.45) is 7.22. The Kier molecular flexibility index (Phi) is 9.62. The van der Waals surface area contributed by atoms with Crippen molar-refractivity contribution in [1.29, 1.82) is 0 Å². The number of amides is 2. The van der Waals surface area contributed by atoms with Crippen LogP contribution in [0, 0.1) is 11.2 Å². The Morgan fingerprint density at radius 1 is 1.06 bits per heavy atom. The van der Waals surface area contributed by atoms with E-state index in [1.807, 2.05) is 0 Å². The third-order valence-corrected chi connectivity index (χ3v) is 5.19. The number of ether oxygens (including phenoxy) is 1. The van der Waals surface area contributed by atoms with Crippen molar-refractivity contribution >= 4 is 18.2 Å². The number of nitrogens with two attached hydrogens (primary N) is 2. The van der Waals surface area contributed by atoms with E-state index in [0.29, 0.717) is 18.0 Å². The highest BCUT2D eigenvalue weighted by atomic mass is 19.1. The molecule has 9 heteroatoms. The van der Waals surface area contributed by atoms with Crippen molar-refractivity contribution in [3.05, 3.63) is 59.9 Å². The molecule has 0 atom stereocenters. The number of carboxylic acid groups (broad SMARTS) is 1. The largest absolute Gasteiger partial charge is 0.481 e. The van der Waals surface area contributed by atoms with Crippen molar-refractivity contribution in [2.45, 2.75) is 38.5 Å². The normalized spacial score (nSPS) is 14.8. The summed E-state index contributed by atoms with van der Waals surface area (Å²) in [4.78, 5) is 21.0. The van der Waals surface area contributed by atoms with Crippen LogP contribution < -0.4 is 21.6 Å². The van der Waals surface area contributed by atoms with Crippen LogP contribution in [0.5, 0.6) is 11.5 Å². The summed E-state index contributed by atoms with van der Waals surface area (Å²) < 4.78 is 18.3. The number of benzene rings is 2. The molecule has 2 amide bonds. The van der Waals surface area contributed by atoms with Gasteiger partial charge in [-0.05, 0) is 78.9 Å². The van der Waals surface area contributed by atoms with Gasteiger partial charge in [0.1, 0.15) is 17.3 Å². The van der Waals surface area contributed by atoms with Gasteiger partial charge in [-0.2, -0.15) is 5.10 Å². The van der Waals surface area contributed by atoms with Crippen LogP contribution in [0.2, 0.25) is 0 Å². The molecule has 1 aliphatic rings. The first-order chi connectivity index (χ1) is 15.3. The molecule has 0 aromatic heterocycles. The number of carbonyl (C=O) groups is 2. The van der Waals surface area contributed by atoms with Gasteiger partial charge >= 0.3 is 12.0 Å². The van der Waals surface area contributed by atoms with Crippen LogP contribution in [0.1, 0.15) is 44.1 Å². The van der Waals surface area contributed by atoms with Gasteiger partial charge in [-0.1, -0.05) is 19.3 Å². The number of hydrogen-bond acceptors (Lipinski definition) is 5. The fourth-order valence-electron chi connectivity index (χ4n) is 3.51. The summed E-state index contributed by atoms with van der Waals surface area (Å²) in [6.45, 7) is 0.527. The molecule has 2 aromatic carbocycles. The molecule has 0 unspecified atom stereocenters. The second kappa shape index (κ2) is 12.4. The summed E-state index contributed by atoms with van der Waals surface area (Å²) in [5.74, 6) is 0.132. The van der Waals surface area contributed by atoms with E-state index in [1.165, 1.54) is 24.8 Å². The molecule has 32 heavy (non-hydrogen) atoms. The molecular formula is C23H29FN4O4. The Morgan fingerprint density at radius 3 is 2.12 bits per heavy atom. The molecular weight excluding hydrogens is 415 g/mol. The molecule has 1 fully saturated rings. The van der Waals surface area contributed by atoms with Gasteiger partial charge in [0.05, 0.1) is 12.6 Å². The fraction of sp³-hybridized carbons (Fsp3) is 0.348. The van der Waals surface area contributed by atoms with Crippen molar-refractivity contribution in [3.63, 3.8) is 0 Å². The van der Waals surface area contributed by atoms with Gasteiger partial charge in [0.15, 0.2) is 0 Å². The Labute approximate surface area is 186 Å². The van der Waals surface area contributed by atoms with Crippen LogP contribution in [0.4, 0.5) is 9.18 Å². The minimum absolute atomic E-state index is 0.0793. The van der Waals surface area contributed by atoms with Crippen LogP contribution in [-0.2, 0) is 4.79 Å². The molecule has 1 saturated carbocycles. The molecule has 0 saturated heterocycles. The summed E-state index contributed by atoms with van der Waals surface area (Å²) in [5, 5.41) is 12.3. The zero-order chi connectivity index (χ0) is 23.4. The number of halogens is 1. The Hall–Kier alpha value is -3.46. The smallest absolute Gasteiger partial charge is 0.332 e. The number of hydrogen-bond donors (Lipinski definition) is 4. The standard InChI is InChI=1S/C14H12FN3O2.C9H17NO2/c15-11-3-7-13(8-4-11)20-12-5-1-10(2-6-12)9-17-18-14(16)19;10-7-9(6-8(11)12)4-2-1-3-5-9/h1-9H,(H3,16,18,19);1-7,10H2,(H,11,12)/b17-9+;. The minimum Gasteiger partial charge on any atom is -0.481 e. The van der Waals surface area contributed by atoms with Crippen LogP contribution in [0.25, 0.3) is 0 Å². The van der Waals surface area contributed by atoms with Gasteiger partial charge in [-0.25, -0.2) is 14.6 Å². The van der Waals surface area contributed by atoms with Crippen molar-refractivity contribution in [2.24, 2.45) is 22.0 Å². The first-order valence-electron chi connectivity index (χ1n) is 10.4. The Morgan fingerprint density at radius 2 is 1.62 bits per heavy atom. The summed E-state index contributed by atoms with van der Waals surface area (Å²) >= 11 is 0. The van der Waals surface area contributed by atoms with E-state index in [4.69, 9.17) is 21.3 Å². The molecule has 0 aliphatic heterocycles. The van der Waals surface area contributed by atoms with E-state index in [1.54, 1.807) is 36.4 Å². The predicted octanol–water partition coefficient (Wildman–Crippen LogP) is 3.99. The number of carbonyl (C=O) groups excluding carboxylic acids is 1. The number of rotatable bonds is 7. The maximum Gasteiger partial charge on any atom is 0.332 e. The molecule has 8 nitrogen and oxygen atoms in total. The lowest BCUT2D eigenvalue weighted by Crippen LogP contribution is -2.34. The topological polar surface area (TPSA) is 140 Å². The molecule has 0 heterocycles. The number of hydrazone groups is 1. The quantitative estimate of drug-likeness (QED) is 0.378. The number of carboxylic acids is 1. The average molecular weight is 445 g/mol. The lowest BCUT2D eigenvalue weighted by Gasteiger charge is -2.34. The van der Waals surface area contributed by atoms with Gasteiger partial charge in [-0.15, -0.1) is 0 Å². The van der Waals surface area contributed by atoms with Gasteiger partial charge in [0.25, 0.3) is 0 Å². The van der Waals surface area contributed by atoms with Crippen LogP contribution >= 0.6 is 0 Å². The zero-order valence-corrected chi connectivity index (χ0v) is 17.8. The molecule has 6 N–H and O–H groups in total. The SMILES string of the molecule is NC(=O)N/N=C/c1ccc(Oc2ccc(F)cc2)cc1.NCC1(CC(=O)O)CCCCC1. The molecule has 0 bridgehead atoms. The number of nitrogens with zero attached hydrogens (tertiary/aromatic N) is 1. The average Bonchev–Trinajstić information content (AvgIpc) is 2.77. The van der Waals surface area contributed by atoms with E-state index < -0.39 is 12.0 Å². The number of primary amides is 1. The second-order valence-corrected chi connectivity index (χ2v) is 7.69. The maximum absolute atomic E-state index is 12.7. The van der Waals surface area contributed by atoms with Gasteiger partial charge in [0, 0.05) is 0 Å². The Balaban J connectivity index is 0.000000258. The molecule has 1 aliphatic carbocycles. The third kappa shape index (κ3) is 8.73. The molecule has 2 aromatic rings. The van der Waals surface area contributed by atoms with E-state index in [0.717, 1.165) is 31.2 Å². The highest BCUT2D eigenvalue weighted by Crippen LogP contribution is 2.38. The maximum atomic E-state index is 12.7. The van der Waals surface area contributed by atoms with Crippen molar-refractivity contribution < 1.29 is 23.8 Å². The van der Waals surface area contributed by atoms with E-state index >= 15 is 0 Å². The number of aliphatic carboxylic acids is 1. The zero-order valence-electron chi connectivity index (χ0n) is 17.8. The van der Waals surface area contributed by atoms with Crippen molar-refractivity contribution in [3.8, 4) is 11.5 Å². The fourth-order valence-corrected chi connectivity index (χ4v) is 3.51. The lowest BCUT2D eigenvalue weighted by atomic mass is 9.72. The van der Waals surface area contributed by atoms with E-state index in [9.17, 15) is 14.0 Å². The highest BCUT2D eigenvalue weighted by molar-refractivity contribution is 5.81. The van der Waals surface area contributed by atoms with E-state index in [2.05, 4.69) is 10.5 Å². The van der Waals surface area contributed by atoms with Crippen molar-refractivity contribution in [1.82, 2.24) is 5.43 Å². The second-order valence-electron chi connectivity index (χ2n) is 7.69. The molecule has 0 radical (unpaired) electrons. The van der Waals surface area contributed by atoms with E-state index in [-0.39, 0.29) is 17.7 Å². The third-order valence-electron chi connectivity index (χ3n) is 5.19. The van der Waals surface area contributed by atoms with Gasteiger partial charge in [0.2, 0.25) is 0 Å². The molecule has 0 spiro atoms. The number of nitrogens with one attached hydrogen (secondary N) is 1. The summed E-state index contributed by atoms with van der Waals surface area (Å²) in [5.41, 5.74) is 13.3. The molecule has 172 valence electrons. The first-order valence-corrected chi connectivity index (χ1v) is 10.4. The predicted molar refractivity (Wildman–Crippen MR) is 120 cm³/mol. The van der Waals surface area contributed by atoms with Crippen molar-refractivity contribution in [2.75, 3.05) is 6.54 Å². The summed E-state index contributed by atoms with van der Waals surface area (Å²) in [6, 6.07) is 12.0. The number of urea groups is 1. The van der Waals surface area contributed by atoms with Gasteiger partial charge in [-0.3, -0.25) is 4.79 Å². The minimum atomic E-state index is -0.725. The lowest BCUT2D eigenvalue weighted by molar-refractivity contribution is -0.140. The first kappa shape index (κ1) is 24.8. The van der Waals surface area contributed by atoms with Crippen LogP contribution in [0.3, 0.4) is 0 Å². The highest BCUT2D eigenvalue weighted by Gasteiger charge is 2.32. The van der Waals surface area contributed by atoms with Crippen LogP contribution in [0.15, 0.2) is 53.6 Å². The summed E-state index contributed by atoms with van der Waals surface area (Å²) in [7, 11) is 0. The molecule has 3 rings (SSSR count). The monoisotopic (exact) mass is 444 g/mol. The van der Waals surface area contributed by atoms with Gasteiger partial charge < -0.3 is 21.3 Å².